The van der Waals surface area contributed by atoms with Gasteiger partial charge in [-0.25, -0.2) is 9.13 Å². The summed E-state index contributed by atoms with van der Waals surface area (Å²) in [5, 5.41) is 20.7. The van der Waals surface area contributed by atoms with E-state index in [-0.39, 0.29) is 19.3 Å². The molecule has 0 heterocycles. The first-order valence-corrected chi connectivity index (χ1v) is 45.1. The number of aliphatic hydroxyl groups is 2. The maximum absolute atomic E-state index is 13.0. The van der Waals surface area contributed by atoms with Crippen LogP contribution in [-0.2, 0) is 55.8 Å². The Morgan fingerprint density at radius 2 is 0.505 bits per heavy atom. The highest BCUT2D eigenvalue weighted by Gasteiger charge is 2.29. The van der Waals surface area contributed by atoms with Gasteiger partial charge in [-0.15, -0.1) is 0 Å². The van der Waals surface area contributed by atoms with Crippen LogP contribution >= 0.6 is 15.6 Å². The van der Waals surface area contributed by atoms with Crippen LogP contribution in [0.1, 0.15) is 316 Å². The minimum Gasteiger partial charge on any atom is -0.463 e. The maximum Gasteiger partial charge on any atom is 0.472 e. The van der Waals surface area contributed by atoms with Crippen molar-refractivity contribution >= 4 is 33.6 Å². The van der Waals surface area contributed by atoms with Gasteiger partial charge in [-0.05, 0) is 148 Å². The molecular weight excluding hydrogens is 1410 g/mol. The Morgan fingerprint density at radius 3 is 0.807 bits per heavy atom. The van der Waals surface area contributed by atoms with Crippen molar-refractivity contribution in [2.75, 3.05) is 39.6 Å². The smallest absolute Gasteiger partial charge is 0.463 e. The molecule has 18 heteroatoms. The van der Waals surface area contributed by atoms with E-state index in [4.69, 9.17) is 32.3 Å². The molecule has 0 fully saturated rings. The van der Waals surface area contributed by atoms with Crippen molar-refractivity contribution in [1.82, 2.24) is 0 Å². The molecule has 0 amide bonds. The molecule has 5 atom stereocenters. The Hall–Kier alpha value is -5.35. The molecule has 16 nitrogen and oxygen atoms in total. The first-order valence-electron chi connectivity index (χ1n) is 42.1. The molecule has 0 bridgehead atoms. The number of aliphatic hydroxyl groups excluding tert-OH is 2. The zero-order chi connectivity index (χ0) is 79.4. The summed E-state index contributed by atoms with van der Waals surface area (Å²) in [4.78, 5) is 58.7. The Kier molecular flexibility index (Phi) is 78.1. The van der Waals surface area contributed by atoms with Crippen LogP contribution in [0.4, 0.5) is 0 Å². The topological polar surface area (TPSA) is 231 Å². The van der Waals surface area contributed by atoms with Crippen molar-refractivity contribution in [3.05, 3.63) is 182 Å². The number of ether oxygens (including phenoxy) is 3. The minimum atomic E-state index is -4.97. The molecule has 5 unspecified atom stereocenters. The van der Waals surface area contributed by atoms with Crippen LogP contribution in [0.25, 0.3) is 0 Å². The van der Waals surface area contributed by atoms with Gasteiger partial charge in [0.05, 0.1) is 26.4 Å². The number of carbonyl (C=O) groups excluding carboxylic acids is 3. The van der Waals surface area contributed by atoms with Gasteiger partial charge in [0.15, 0.2) is 6.10 Å². The lowest BCUT2D eigenvalue weighted by Gasteiger charge is -2.21. The number of phosphoric acid groups is 2. The van der Waals surface area contributed by atoms with E-state index in [9.17, 15) is 43.5 Å². The Morgan fingerprint density at radius 1 is 0.266 bits per heavy atom. The number of unbranched alkanes of at least 4 members (excludes halogenated alkanes) is 25. The van der Waals surface area contributed by atoms with Crippen LogP contribution in [-0.4, -0.2) is 95.9 Å². The fourth-order valence-corrected chi connectivity index (χ4v) is 12.4. The normalized spacial score (nSPS) is 14.8. The lowest BCUT2D eigenvalue weighted by atomic mass is 10.0. The summed E-state index contributed by atoms with van der Waals surface area (Å²) in [6.07, 6.45) is 107. The lowest BCUT2D eigenvalue weighted by molar-refractivity contribution is -0.161. The largest absolute Gasteiger partial charge is 0.472 e. The van der Waals surface area contributed by atoms with Crippen molar-refractivity contribution in [3.63, 3.8) is 0 Å². The minimum absolute atomic E-state index is 0.0320. The first kappa shape index (κ1) is 104. The van der Waals surface area contributed by atoms with E-state index in [0.29, 0.717) is 25.7 Å². The van der Waals surface area contributed by atoms with Gasteiger partial charge in [-0.3, -0.25) is 32.5 Å². The molecule has 0 radical (unpaired) electrons. The van der Waals surface area contributed by atoms with E-state index >= 15 is 0 Å². The SMILES string of the molecule is CC/C=C\C/C=C\C/C=C\C/C=C\C/C=C\C/C=C\CCC(=O)OC(COC(=O)CCCCCCC/C=C\C/C=C\C/C=C\C/C=C\C/C=C\CC)COP(=O)(O)OCC(O)COP(=O)(O)OCC(O)COC(=O)CCCCCCCCCCCCCCCCCCC/C=C\C/C=C\C/C=C\C/C=C\CCCCC. The molecule has 0 aliphatic rings. The summed E-state index contributed by atoms with van der Waals surface area (Å²) in [5.41, 5.74) is 0. The quantitative estimate of drug-likeness (QED) is 0.0146. The third kappa shape index (κ3) is 83.4. The van der Waals surface area contributed by atoms with E-state index in [1.54, 1.807) is 0 Å². The molecule has 0 aliphatic carbocycles. The van der Waals surface area contributed by atoms with Gasteiger partial charge in [0.25, 0.3) is 0 Å². The monoisotopic (exact) mass is 1560 g/mol. The van der Waals surface area contributed by atoms with Gasteiger partial charge in [0, 0.05) is 19.3 Å². The van der Waals surface area contributed by atoms with Gasteiger partial charge in [-0.2, -0.15) is 0 Å². The standard InChI is InChI=1S/C91H150O16P2/c1-4-7-10-13-16-19-22-25-28-31-34-36-37-38-39-40-41-42-43-44-45-46-47-49-52-53-56-59-62-65-68-71-74-77-89(94)101-80-86(92)81-103-108(97,98)104-82-87(93)83-105-109(99,100)106-85-88(107-91(96)79-76-73-70-67-64-61-58-55-50-33-30-27-24-21-18-15-12-9-6-3)84-102-90(95)78-75-72-69-66-63-60-57-54-51-48-35-32-29-26-23-20-17-14-11-8-5-2/h8-9,11-12,16-21,25-30,34-36,38-39,48,50,54-55,57,61,64,70,73,86-88,92-93H,4-7,10,13-15,22-24,31-33,37,40-47,49,51-53,56,58-60,62-63,65-69,71-72,74-85H2,1-3H3,(H,97,98)(H,99,100)/b11-8-,12-9-,19-16-,20-17-,21-18-,28-25-,29-26-,30-27-,36-34-,39-38-,48-35-,55-50-,57-54-,64-61-,73-70-. The molecule has 109 heavy (non-hydrogen) atoms. The highest BCUT2D eigenvalue weighted by molar-refractivity contribution is 7.47. The molecule has 0 saturated heterocycles. The molecule has 620 valence electrons. The van der Waals surface area contributed by atoms with E-state index in [1.807, 2.05) is 18.2 Å². The molecule has 0 spiro atoms. The predicted molar refractivity (Wildman–Crippen MR) is 454 cm³/mol. The zero-order valence-electron chi connectivity index (χ0n) is 67.9. The summed E-state index contributed by atoms with van der Waals surface area (Å²) in [6, 6.07) is 0. The number of hydrogen-bond donors (Lipinski definition) is 4. The van der Waals surface area contributed by atoms with Crippen molar-refractivity contribution in [3.8, 4) is 0 Å². The average Bonchev–Trinajstić information content (AvgIpc) is 0.900. The second kappa shape index (κ2) is 82.1. The van der Waals surface area contributed by atoms with E-state index in [1.165, 1.54) is 116 Å². The molecule has 0 aromatic carbocycles. The van der Waals surface area contributed by atoms with E-state index in [0.717, 1.165) is 135 Å². The van der Waals surface area contributed by atoms with Crippen molar-refractivity contribution in [1.29, 1.82) is 0 Å². The summed E-state index contributed by atoms with van der Waals surface area (Å²) >= 11 is 0. The molecular formula is C91H150O16P2. The molecule has 0 aromatic heterocycles. The van der Waals surface area contributed by atoms with Crippen LogP contribution < -0.4 is 0 Å². The van der Waals surface area contributed by atoms with Crippen molar-refractivity contribution < 1.29 is 75.8 Å². The zero-order valence-corrected chi connectivity index (χ0v) is 69.7. The molecule has 0 saturated carbocycles. The number of phosphoric ester groups is 2. The second-order valence-corrected chi connectivity index (χ2v) is 30.4. The molecule has 0 aliphatic heterocycles. The van der Waals surface area contributed by atoms with Crippen LogP contribution in [0, 0.1) is 0 Å². The summed E-state index contributed by atoms with van der Waals surface area (Å²) in [5.74, 6) is -1.70. The van der Waals surface area contributed by atoms with Gasteiger partial charge in [0.2, 0.25) is 0 Å². The van der Waals surface area contributed by atoms with Crippen LogP contribution in [0.2, 0.25) is 0 Å². The third-order valence-electron chi connectivity index (χ3n) is 17.1. The van der Waals surface area contributed by atoms with Crippen LogP contribution in [0.3, 0.4) is 0 Å². The van der Waals surface area contributed by atoms with Crippen LogP contribution in [0.5, 0.6) is 0 Å². The molecule has 0 aromatic rings. The number of esters is 3. The number of rotatable bonds is 78. The number of carbonyl (C=O) groups is 3. The number of hydrogen-bond acceptors (Lipinski definition) is 14. The molecule has 0 rings (SSSR count). The Labute approximate surface area is 662 Å². The highest BCUT2D eigenvalue weighted by Crippen LogP contribution is 2.45. The highest BCUT2D eigenvalue weighted by atomic mass is 31.2. The predicted octanol–water partition coefficient (Wildman–Crippen LogP) is 25.3. The van der Waals surface area contributed by atoms with Crippen molar-refractivity contribution in [2.24, 2.45) is 0 Å². The van der Waals surface area contributed by atoms with Crippen LogP contribution in [0.15, 0.2) is 182 Å². The van der Waals surface area contributed by atoms with Gasteiger partial charge in [-0.1, -0.05) is 331 Å². The fraction of sp³-hybridized carbons (Fsp3) is 0.637. The first-order chi connectivity index (χ1) is 53.2. The fourth-order valence-electron chi connectivity index (χ4n) is 10.8. The number of allylic oxidation sites excluding steroid dienone is 30. The summed E-state index contributed by atoms with van der Waals surface area (Å²) in [7, 11) is -9.84. The average molecular weight is 1560 g/mol. The maximum atomic E-state index is 13.0. The summed E-state index contributed by atoms with van der Waals surface area (Å²) in [6.45, 7) is 2.31. The Balaban J connectivity index is 4.58. The summed E-state index contributed by atoms with van der Waals surface area (Å²) < 4.78 is 61.1. The van der Waals surface area contributed by atoms with Gasteiger partial charge in [0.1, 0.15) is 25.4 Å². The Bertz CT molecular complexity index is 2710. The molecule has 4 N–H and O–H groups in total. The second-order valence-electron chi connectivity index (χ2n) is 27.5. The van der Waals surface area contributed by atoms with E-state index < -0.39 is 91.5 Å². The van der Waals surface area contributed by atoms with Gasteiger partial charge < -0.3 is 34.2 Å². The van der Waals surface area contributed by atoms with E-state index in [2.05, 4.69) is 185 Å². The van der Waals surface area contributed by atoms with Crippen molar-refractivity contribution in [2.45, 2.75) is 334 Å². The lowest BCUT2D eigenvalue weighted by Crippen LogP contribution is -2.29. The van der Waals surface area contributed by atoms with Gasteiger partial charge >= 0.3 is 33.6 Å². The third-order valence-corrected chi connectivity index (χ3v) is 19.0.